The normalized spacial score (nSPS) is 20.8. The fraction of sp³-hybridized carbons (Fsp3) is 0.625. The van der Waals surface area contributed by atoms with Crippen molar-refractivity contribution in [2.75, 3.05) is 26.2 Å². The minimum absolute atomic E-state index is 0. The van der Waals surface area contributed by atoms with Gasteiger partial charge in [0.25, 0.3) is 0 Å². The maximum Gasteiger partial charge on any atom is 0.123 e. The van der Waals surface area contributed by atoms with Crippen LogP contribution in [0.15, 0.2) is 18.2 Å². The molecule has 0 aromatic heterocycles. The number of rotatable bonds is 3. The Bertz CT molecular complexity index is 446. The van der Waals surface area contributed by atoms with Crippen molar-refractivity contribution in [2.24, 2.45) is 5.92 Å². The summed E-state index contributed by atoms with van der Waals surface area (Å²) in [4.78, 5) is 2.56. The molecule has 0 spiro atoms. The van der Waals surface area contributed by atoms with Crippen molar-refractivity contribution in [1.82, 2.24) is 10.2 Å². The van der Waals surface area contributed by atoms with Crippen molar-refractivity contribution >= 4 is 24.8 Å². The molecule has 0 bridgehead atoms. The number of aryl methyl sites for hydroxylation is 1. The Morgan fingerprint density at radius 3 is 2.43 bits per heavy atom. The van der Waals surface area contributed by atoms with Crippen LogP contribution >= 0.6 is 24.8 Å². The Morgan fingerprint density at radius 1 is 1.19 bits per heavy atom. The lowest BCUT2D eigenvalue weighted by Gasteiger charge is -2.43. The topological polar surface area (TPSA) is 35.5 Å². The average molecular weight is 333 g/mol. The molecule has 1 saturated heterocycles. The molecule has 1 heterocycles. The molecular formula is C16H26Cl2N2O. The third kappa shape index (κ3) is 3.84. The van der Waals surface area contributed by atoms with Gasteiger partial charge in [-0.2, -0.15) is 0 Å². The van der Waals surface area contributed by atoms with Crippen molar-refractivity contribution in [3.63, 3.8) is 0 Å². The van der Waals surface area contributed by atoms with E-state index in [0.29, 0.717) is 11.8 Å². The minimum Gasteiger partial charge on any atom is -0.507 e. The fourth-order valence-electron chi connectivity index (χ4n) is 3.38. The molecule has 1 aromatic carbocycles. The highest BCUT2D eigenvalue weighted by Gasteiger charge is 2.35. The quantitative estimate of drug-likeness (QED) is 0.891. The number of nitrogens with zero attached hydrogens (tertiary/aromatic N) is 1. The van der Waals surface area contributed by atoms with Crippen molar-refractivity contribution in [3.05, 3.63) is 29.3 Å². The average Bonchev–Trinajstić information content (AvgIpc) is 2.38. The van der Waals surface area contributed by atoms with E-state index in [2.05, 4.69) is 22.3 Å². The summed E-state index contributed by atoms with van der Waals surface area (Å²) >= 11 is 0. The molecule has 1 atom stereocenters. The van der Waals surface area contributed by atoms with Crippen molar-refractivity contribution in [2.45, 2.75) is 32.2 Å². The second-order valence-corrected chi connectivity index (χ2v) is 5.93. The molecule has 1 aliphatic carbocycles. The first-order valence-electron chi connectivity index (χ1n) is 7.50. The number of phenols is 1. The van der Waals surface area contributed by atoms with Crippen LogP contribution in [0.3, 0.4) is 0 Å². The molecule has 2 fully saturated rings. The largest absolute Gasteiger partial charge is 0.507 e. The molecule has 1 aliphatic heterocycles. The van der Waals surface area contributed by atoms with E-state index in [0.717, 1.165) is 43.2 Å². The summed E-state index contributed by atoms with van der Waals surface area (Å²) in [7, 11) is 0. The maximum absolute atomic E-state index is 10.4. The van der Waals surface area contributed by atoms with Crippen molar-refractivity contribution in [1.29, 1.82) is 0 Å². The zero-order chi connectivity index (χ0) is 13.2. The van der Waals surface area contributed by atoms with E-state index in [9.17, 15) is 5.11 Å². The summed E-state index contributed by atoms with van der Waals surface area (Å²) in [5, 5.41) is 13.8. The molecule has 0 amide bonds. The SMILES string of the molecule is Cc1cccc([C@@H](C2CCC2)N2CCNCC2)c1O.Cl.Cl. The third-order valence-corrected chi connectivity index (χ3v) is 4.73. The lowest BCUT2D eigenvalue weighted by molar-refractivity contribution is 0.0819. The van der Waals surface area contributed by atoms with Gasteiger partial charge >= 0.3 is 0 Å². The van der Waals surface area contributed by atoms with Gasteiger partial charge in [-0.1, -0.05) is 24.6 Å². The molecule has 0 radical (unpaired) electrons. The highest BCUT2D eigenvalue weighted by molar-refractivity contribution is 5.85. The van der Waals surface area contributed by atoms with Crippen molar-refractivity contribution < 1.29 is 5.11 Å². The Kier molecular flexibility index (Phi) is 7.28. The number of hydrogen-bond acceptors (Lipinski definition) is 3. The molecule has 21 heavy (non-hydrogen) atoms. The van der Waals surface area contributed by atoms with Crippen LogP contribution in [0.1, 0.15) is 36.4 Å². The van der Waals surface area contributed by atoms with Gasteiger partial charge < -0.3 is 10.4 Å². The highest BCUT2D eigenvalue weighted by atomic mass is 35.5. The van der Waals surface area contributed by atoms with Crippen LogP contribution in [-0.2, 0) is 0 Å². The molecule has 3 rings (SSSR count). The van der Waals surface area contributed by atoms with Crippen LogP contribution in [0, 0.1) is 12.8 Å². The maximum atomic E-state index is 10.4. The van der Waals surface area contributed by atoms with E-state index in [1.165, 1.54) is 19.3 Å². The van der Waals surface area contributed by atoms with Gasteiger partial charge in [-0.25, -0.2) is 0 Å². The molecule has 5 heteroatoms. The second-order valence-electron chi connectivity index (χ2n) is 5.93. The van der Waals surface area contributed by atoms with Crippen LogP contribution in [-0.4, -0.2) is 36.2 Å². The number of piperazine rings is 1. The van der Waals surface area contributed by atoms with Gasteiger partial charge in [0.1, 0.15) is 5.75 Å². The molecule has 120 valence electrons. The monoisotopic (exact) mass is 332 g/mol. The third-order valence-electron chi connectivity index (χ3n) is 4.73. The first kappa shape index (κ1) is 18.6. The summed E-state index contributed by atoms with van der Waals surface area (Å²) in [6, 6.07) is 6.61. The van der Waals surface area contributed by atoms with Gasteiger partial charge in [0.15, 0.2) is 0 Å². The van der Waals surface area contributed by atoms with E-state index >= 15 is 0 Å². The van der Waals surface area contributed by atoms with E-state index in [1.54, 1.807) is 0 Å². The van der Waals surface area contributed by atoms with Gasteiger partial charge in [-0.05, 0) is 31.2 Å². The van der Waals surface area contributed by atoms with E-state index in [1.807, 2.05) is 13.0 Å². The summed E-state index contributed by atoms with van der Waals surface area (Å²) in [5.41, 5.74) is 2.14. The van der Waals surface area contributed by atoms with Crippen LogP contribution in [0.2, 0.25) is 0 Å². The van der Waals surface area contributed by atoms with E-state index in [-0.39, 0.29) is 24.8 Å². The molecule has 3 nitrogen and oxygen atoms in total. The van der Waals surface area contributed by atoms with Gasteiger partial charge in [0.2, 0.25) is 0 Å². The fourth-order valence-corrected chi connectivity index (χ4v) is 3.38. The Morgan fingerprint density at radius 2 is 1.86 bits per heavy atom. The first-order chi connectivity index (χ1) is 9.27. The zero-order valence-corrected chi connectivity index (χ0v) is 14.2. The summed E-state index contributed by atoms with van der Waals surface area (Å²) < 4.78 is 0. The number of hydrogen-bond donors (Lipinski definition) is 2. The molecular weight excluding hydrogens is 307 g/mol. The smallest absolute Gasteiger partial charge is 0.123 e. The van der Waals surface area contributed by atoms with Gasteiger partial charge in [-0.3, -0.25) is 4.90 Å². The minimum atomic E-state index is 0. The Balaban J connectivity index is 0.00000110. The summed E-state index contributed by atoms with van der Waals surface area (Å²) in [5.74, 6) is 1.24. The summed E-state index contributed by atoms with van der Waals surface area (Å²) in [6.07, 6.45) is 3.96. The van der Waals surface area contributed by atoms with Gasteiger partial charge in [0, 0.05) is 37.8 Å². The summed E-state index contributed by atoms with van der Waals surface area (Å²) in [6.45, 7) is 6.31. The van der Waals surface area contributed by atoms with Gasteiger partial charge in [0.05, 0.1) is 0 Å². The first-order valence-corrected chi connectivity index (χ1v) is 7.50. The zero-order valence-electron chi connectivity index (χ0n) is 12.5. The van der Waals surface area contributed by atoms with E-state index in [4.69, 9.17) is 0 Å². The molecule has 1 aromatic rings. The number of para-hydroxylation sites is 1. The molecule has 2 N–H and O–H groups in total. The number of aromatic hydroxyl groups is 1. The highest BCUT2D eigenvalue weighted by Crippen LogP contribution is 2.44. The molecule has 1 saturated carbocycles. The lowest BCUT2D eigenvalue weighted by atomic mass is 9.76. The molecule has 2 aliphatic rings. The lowest BCUT2D eigenvalue weighted by Crippen LogP contribution is -2.47. The van der Waals surface area contributed by atoms with Crippen LogP contribution in [0.25, 0.3) is 0 Å². The number of phenolic OH excluding ortho intramolecular Hbond substituents is 1. The van der Waals surface area contributed by atoms with Crippen molar-refractivity contribution in [3.8, 4) is 5.75 Å². The second kappa shape index (κ2) is 8.23. The van der Waals surface area contributed by atoms with Gasteiger partial charge in [-0.15, -0.1) is 24.8 Å². The van der Waals surface area contributed by atoms with Crippen LogP contribution in [0.4, 0.5) is 0 Å². The van der Waals surface area contributed by atoms with E-state index < -0.39 is 0 Å². The van der Waals surface area contributed by atoms with Crippen LogP contribution < -0.4 is 5.32 Å². The standard InChI is InChI=1S/C16H24N2O.2ClH/c1-12-4-2-7-14(16(12)19)15(13-5-3-6-13)18-10-8-17-9-11-18;;/h2,4,7,13,15,17,19H,3,5-6,8-11H2,1H3;2*1H/t15-;;/m1../s1. The predicted octanol–water partition coefficient (Wildman–Crippen LogP) is 3.29. The Hall–Kier alpha value is -0.480. The molecule has 0 unspecified atom stereocenters. The van der Waals surface area contributed by atoms with Crippen LogP contribution in [0.5, 0.6) is 5.75 Å². The number of halogens is 2. The predicted molar refractivity (Wildman–Crippen MR) is 91.9 cm³/mol. The Labute approximate surface area is 139 Å². The number of nitrogens with one attached hydrogen (secondary N) is 1. The number of benzene rings is 1.